The van der Waals surface area contributed by atoms with Crippen LogP contribution in [0.3, 0.4) is 0 Å². The summed E-state index contributed by atoms with van der Waals surface area (Å²) in [7, 11) is 0. The van der Waals surface area contributed by atoms with Crippen LogP contribution in [0.1, 0.15) is 50.2 Å². The molecule has 0 spiro atoms. The van der Waals surface area contributed by atoms with E-state index in [1.54, 1.807) is 0 Å². The van der Waals surface area contributed by atoms with Crippen LogP contribution in [0.4, 0.5) is 8.78 Å². The maximum atomic E-state index is 13.0. The fraction of sp³-hybridized carbons (Fsp3) is 0.412. The lowest BCUT2D eigenvalue weighted by atomic mass is 10.0. The molecule has 0 aliphatic heterocycles. The van der Waals surface area contributed by atoms with Gasteiger partial charge in [-0.3, -0.25) is 9.36 Å². The first-order valence-corrected chi connectivity index (χ1v) is 7.76. The van der Waals surface area contributed by atoms with Crippen molar-refractivity contribution in [2.45, 2.75) is 45.2 Å². The first kappa shape index (κ1) is 17.1. The number of benzene rings is 1. The van der Waals surface area contributed by atoms with Crippen LogP contribution < -0.4 is 5.32 Å². The van der Waals surface area contributed by atoms with E-state index in [4.69, 9.17) is 0 Å². The summed E-state index contributed by atoms with van der Waals surface area (Å²) in [6.07, 6.45) is 4.99. The fourth-order valence-corrected chi connectivity index (χ4v) is 2.40. The Labute approximate surface area is 134 Å². The summed E-state index contributed by atoms with van der Waals surface area (Å²) < 4.78 is 26.8. The molecule has 6 heteroatoms. The number of carbonyl (C=O) groups excluding carboxylic acids is 1. The highest BCUT2D eigenvalue weighted by atomic mass is 19.3. The first-order chi connectivity index (χ1) is 11.1. The van der Waals surface area contributed by atoms with Crippen molar-refractivity contribution >= 4 is 5.91 Å². The molecule has 1 aromatic heterocycles. The predicted octanol–water partition coefficient (Wildman–Crippen LogP) is 3.87. The van der Waals surface area contributed by atoms with Gasteiger partial charge >= 0.3 is 6.55 Å². The van der Waals surface area contributed by atoms with E-state index in [0.29, 0.717) is 6.42 Å². The lowest BCUT2D eigenvalue weighted by Gasteiger charge is -2.19. The van der Waals surface area contributed by atoms with Crippen molar-refractivity contribution in [2.75, 3.05) is 0 Å². The van der Waals surface area contributed by atoms with Crippen molar-refractivity contribution in [3.8, 4) is 0 Å². The van der Waals surface area contributed by atoms with Crippen LogP contribution in [0.15, 0.2) is 42.7 Å². The molecule has 0 radical (unpaired) electrons. The van der Waals surface area contributed by atoms with E-state index in [1.165, 1.54) is 12.4 Å². The van der Waals surface area contributed by atoms with Crippen molar-refractivity contribution in [3.05, 3.63) is 54.1 Å². The third-order valence-corrected chi connectivity index (χ3v) is 3.64. The number of imidazole rings is 1. The normalized spacial score (nSPS) is 12.3. The molecular formula is C17H21F2N3O. The Kier molecular flexibility index (Phi) is 6.26. The first-order valence-electron chi connectivity index (χ1n) is 7.76. The van der Waals surface area contributed by atoms with Crippen LogP contribution in [-0.4, -0.2) is 15.5 Å². The number of aromatic nitrogens is 2. The van der Waals surface area contributed by atoms with Crippen molar-refractivity contribution in [3.63, 3.8) is 0 Å². The van der Waals surface area contributed by atoms with Crippen molar-refractivity contribution in [1.82, 2.24) is 14.9 Å². The van der Waals surface area contributed by atoms with Crippen LogP contribution in [0.5, 0.6) is 0 Å². The summed E-state index contributed by atoms with van der Waals surface area (Å²) in [5.74, 6) is 0.181. The van der Waals surface area contributed by atoms with Gasteiger partial charge in [-0.1, -0.05) is 43.7 Å². The van der Waals surface area contributed by atoms with Gasteiger partial charge in [0.2, 0.25) is 5.91 Å². The summed E-state index contributed by atoms with van der Waals surface area (Å²) in [5.41, 5.74) is 0.876. The molecule has 0 saturated carbocycles. The highest BCUT2D eigenvalue weighted by Gasteiger charge is 2.19. The van der Waals surface area contributed by atoms with Gasteiger partial charge in [-0.15, -0.1) is 0 Å². The summed E-state index contributed by atoms with van der Waals surface area (Å²) in [4.78, 5) is 16.1. The fourth-order valence-electron chi connectivity index (χ4n) is 2.40. The summed E-state index contributed by atoms with van der Waals surface area (Å²) in [6.45, 7) is -0.624. The van der Waals surface area contributed by atoms with Gasteiger partial charge in [0.1, 0.15) is 5.82 Å². The van der Waals surface area contributed by atoms with E-state index >= 15 is 0 Å². The van der Waals surface area contributed by atoms with Gasteiger partial charge in [0.15, 0.2) is 0 Å². The number of hydrogen-bond acceptors (Lipinski definition) is 2. The predicted molar refractivity (Wildman–Crippen MR) is 84.0 cm³/mol. The molecule has 1 unspecified atom stereocenters. The molecule has 0 saturated heterocycles. The Morgan fingerprint density at radius 2 is 2.04 bits per heavy atom. The van der Waals surface area contributed by atoms with Crippen LogP contribution in [0, 0.1) is 0 Å². The van der Waals surface area contributed by atoms with E-state index in [-0.39, 0.29) is 24.2 Å². The molecule has 1 atom stereocenters. The molecule has 1 N–H and O–H groups in total. The number of alkyl halides is 2. The highest BCUT2D eigenvalue weighted by molar-refractivity contribution is 5.76. The third-order valence-electron chi connectivity index (χ3n) is 3.64. The number of carbonyl (C=O) groups is 1. The lowest BCUT2D eigenvalue weighted by molar-refractivity contribution is -0.122. The zero-order valence-corrected chi connectivity index (χ0v) is 13.1. The minimum absolute atomic E-state index is 0.0733. The van der Waals surface area contributed by atoms with Crippen molar-refractivity contribution < 1.29 is 13.6 Å². The zero-order chi connectivity index (χ0) is 16.7. The second kappa shape index (κ2) is 8.41. The van der Waals surface area contributed by atoms with Crippen molar-refractivity contribution in [1.29, 1.82) is 0 Å². The third kappa shape index (κ3) is 4.87. The number of nitrogens with one attached hydrogen (secondary N) is 1. The second-order valence-electron chi connectivity index (χ2n) is 5.37. The van der Waals surface area contributed by atoms with Crippen LogP contribution in [0.25, 0.3) is 0 Å². The smallest absolute Gasteiger partial charge is 0.319 e. The van der Waals surface area contributed by atoms with E-state index in [1.807, 2.05) is 37.3 Å². The van der Waals surface area contributed by atoms with Crippen LogP contribution >= 0.6 is 0 Å². The molecule has 0 bridgehead atoms. The molecule has 1 aromatic carbocycles. The highest BCUT2D eigenvalue weighted by Crippen LogP contribution is 2.21. The molecule has 0 aliphatic carbocycles. The average molecular weight is 321 g/mol. The topological polar surface area (TPSA) is 46.9 Å². The number of nitrogens with zero attached hydrogens (tertiary/aromatic N) is 2. The molecule has 0 fully saturated rings. The van der Waals surface area contributed by atoms with Gasteiger partial charge in [-0.25, -0.2) is 4.98 Å². The summed E-state index contributed by atoms with van der Waals surface area (Å²) in [6, 6.07) is 8.97. The van der Waals surface area contributed by atoms with E-state index in [2.05, 4.69) is 10.3 Å². The lowest BCUT2D eigenvalue weighted by Crippen LogP contribution is -2.30. The maximum absolute atomic E-state index is 13.0. The van der Waals surface area contributed by atoms with Gasteiger partial charge < -0.3 is 5.32 Å². The van der Waals surface area contributed by atoms with Gasteiger partial charge in [0.25, 0.3) is 0 Å². The number of rotatable bonds is 8. The monoisotopic (exact) mass is 321 g/mol. The van der Waals surface area contributed by atoms with E-state index < -0.39 is 6.55 Å². The van der Waals surface area contributed by atoms with Gasteiger partial charge in [0, 0.05) is 25.2 Å². The summed E-state index contributed by atoms with van der Waals surface area (Å²) in [5, 5.41) is 2.94. The van der Waals surface area contributed by atoms with E-state index in [9.17, 15) is 13.6 Å². The van der Waals surface area contributed by atoms with E-state index in [0.717, 1.165) is 23.0 Å². The van der Waals surface area contributed by atoms with Crippen LogP contribution in [-0.2, 0) is 11.2 Å². The Balaban J connectivity index is 2.16. The number of unbranched alkanes of at least 4 members (excludes halogenated alkanes) is 1. The molecule has 124 valence electrons. The summed E-state index contributed by atoms with van der Waals surface area (Å²) >= 11 is 0. The number of amides is 1. The average Bonchev–Trinajstić information content (AvgIpc) is 3.01. The quantitative estimate of drug-likeness (QED) is 0.802. The number of halogens is 2. The molecule has 23 heavy (non-hydrogen) atoms. The Bertz CT molecular complexity index is 613. The molecule has 1 heterocycles. The molecule has 2 rings (SSSR count). The molecule has 4 nitrogen and oxygen atoms in total. The number of hydrogen-bond donors (Lipinski definition) is 1. The second-order valence-corrected chi connectivity index (χ2v) is 5.37. The van der Waals surface area contributed by atoms with Gasteiger partial charge in [-0.2, -0.15) is 8.78 Å². The Hall–Kier alpha value is -2.24. The zero-order valence-electron chi connectivity index (χ0n) is 13.1. The minimum Gasteiger partial charge on any atom is -0.349 e. The Morgan fingerprint density at radius 3 is 2.70 bits per heavy atom. The van der Waals surface area contributed by atoms with Crippen LogP contribution in [0.2, 0.25) is 0 Å². The minimum atomic E-state index is -2.64. The molecule has 0 aliphatic rings. The Morgan fingerprint density at radius 1 is 1.30 bits per heavy atom. The maximum Gasteiger partial charge on any atom is 0.319 e. The molecule has 1 amide bonds. The van der Waals surface area contributed by atoms with Crippen molar-refractivity contribution in [2.24, 2.45) is 0 Å². The molecular weight excluding hydrogens is 300 g/mol. The SMILES string of the molecule is CCCCC(=O)NC(Cc1nccn1C(F)F)c1ccccc1. The van der Waals surface area contributed by atoms with Gasteiger partial charge in [-0.05, 0) is 12.0 Å². The van der Waals surface area contributed by atoms with Gasteiger partial charge in [0.05, 0.1) is 6.04 Å². The largest absolute Gasteiger partial charge is 0.349 e. The molecule has 2 aromatic rings. The standard InChI is InChI=1S/C17H21F2N3O/c1-2-3-9-16(23)21-14(13-7-5-4-6-8-13)12-15-20-10-11-22(15)17(18)19/h4-8,10-11,14,17H,2-3,9,12H2,1H3,(H,21,23).